The maximum atomic E-state index is 13.4. The van der Waals surface area contributed by atoms with Crippen molar-refractivity contribution in [3.8, 4) is 5.75 Å². The zero-order chi connectivity index (χ0) is 22.0. The van der Waals surface area contributed by atoms with E-state index in [1.165, 1.54) is 0 Å². The van der Waals surface area contributed by atoms with Crippen LogP contribution in [-0.4, -0.2) is 74.0 Å². The molecule has 0 bridgehead atoms. The molecule has 7 nitrogen and oxygen atoms in total. The molecule has 2 aliphatic heterocycles. The molecule has 2 aliphatic rings. The van der Waals surface area contributed by atoms with Crippen LogP contribution in [0, 0.1) is 11.3 Å². The first-order valence-electron chi connectivity index (χ1n) is 10.8. The van der Waals surface area contributed by atoms with Crippen LogP contribution in [0.3, 0.4) is 0 Å². The summed E-state index contributed by atoms with van der Waals surface area (Å²) < 4.78 is 5.29. The van der Waals surface area contributed by atoms with E-state index in [0.717, 1.165) is 18.7 Å². The average Bonchev–Trinajstić information content (AvgIpc) is 3.07. The van der Waals surface area contributed by atoms with Crippen molar-refractivity contribution in [1.82, 2.24) is 14.8 Å². The molecule has 31 heavy (non-hydrogen) atoms. The molecule has 0 radical (unpaired) electrons. The summed E-state index contributed by atoms with van der Waals surface area (Å²) >= 11 is 0. The molecule has 2 amide bonds. The topological polar surface area (TPSA) is 66.0 Å². The smallest absolute Gasteiger partial charge is 0.253 e. The van der Waals surface area contributed by atoms with Gasteiger partial charge in [-0.3, -0.25) is 9.59 Å². The number of fused-ring (bicyclic) bond motifs is 1. The molecule has 164 valence electrons. The van der Waals surface area contributed by atoms with E-state index >= 15 is 0 Å². The molecule has 0 spiro atoms. The highest BCUT2D eigenvalue weighted by Gasteiger charge is 2.54. The summed E-state index contributed by atoms with van der Waals surface area (Å²) in [6.45, 7) is 2.54. The predicted molar refractivity (Wildman–Crippen MR) is 119 cm³/mol. The Morgan fingerprint density at radius 3 is 2.71 bits per heavy atom. The van der Waals surface area contributed by atoms with Crippen molar-refractivity contribution in [3.05, 3.63) is 54.2 Å². The van der Waals surface area contributed by atoms with E-state index in [0.29, 0.717) is 37.5 Å². The Hall–Kier alpha value is -3.09. The van der Waals surface area contributed by atoms with Crippen molar-refractivity contribution in [1.29, 1.82) is 0 Å². The van der Waals surface area contributed by atoms with Gasteiger partial charge >= 0.3 is 0 Å². The number of aromatic nitrogens is 1. The molecule has 1 aromatic carbocycles. The molecule has 3 heterocycles. The minimum absolute atomic E-state index is 0.0108. The van der Waals surface area contributed by atoms with Crippen molar-refractivity contribution in [2.75, 3.05) is 52.3 Å². The number of carbonyl (C=O) groups is 2. The maximum Gasteiger partial charge on any atom is 0.253 e. The Labute approximate surface area is 183 Å². The van der Waals surface area contributed by atoms with Crippen LogP contribution < -0.4 is 9.64 Å². The number of ether oxygens (including phenoxy) is 1. The summed E-state index contributed by atoms with van der Waals surface area (Å²) in [7, 11) is 5.24. The number of likely N-dealkylation sites (tertiary alicyclic amines) is 1. The summed E-state index contributed by atoms with van der Waals surface area (Å²) in [6, 6.07) is 13.1. The second-order valence-electron chi connectivity index (χ2n) is 8.71. The molecule has 0 unspecified atom stereocenters. The van der Waals surface area contributed by atoms with Crippen LogP contribution in [0.25, 0.3) is 0 Å². The van der Waals surface area contributed by atoms with Gasteiger partial charge in [0, 0.05) is 58.0 Å². The monoisotopic (exact) mass is 422 g/mol. The fourth-order valence-electron chi connectivity index (χ4n) is 5.07. The minimum atomic E-state index is -0.509. The lowest BCUT2D eigenvalue weighted by Crippen LogP contribution is -2.47. The van der Waals surface area contributed by atoms with Crippen molar-refractivity contribution in [2.45, 2.75) is 12.8 Å². The normalized spacial score (nSPS) is 23.1. The van der Waals surface area contributed by atoms with Gasteiger partial charge in [-0.05, 0) is 43.2 Å². The van der Waals surface area contributed by atoms with E-state index in [2.05, 4.69) is 9.88 Å². The highest BCUT2D eigenvalue weighted by Crippen LogP contribution is 2.45. The van der Waals surface area contributed by atoms with E-state index in [4.69, 9.17) is 4.74 Å². The largest absolute Gasteiger partial charge is 0.497 e. The lowest BCUT2D eigenvalue weighted by molar-refractivity contribution is -0.141. The molecular formula is C24H30N4O3. The molecule has 0 aliphatic carbocycles. The number of nitrogens with zero attached hydrogens (tertiary/aromatic N) is 4. The first-order chi connectivity index (χ1) is 14.9. The number of carbonyl (C=O) groups excluding carboxylic acids is 2. The Balaban J connectivity index is 1.63. The van der Waals surface area contributed by atoms with Gasteiger partial charge in [0.15, 0.2) is 0 Å². The van der Waals surface area contributed by atoms with E-state index in [9.17, 15) is 9.59 Å². The van der Waals surface area contributed by atoms with E-state index in [1.807, 2.05) is 55.4 Å². The summed E-state index contributed by atoms with van der Waals surface area (Å²) in [4.78, 5) is 37.1. The first-order valence-corrected chi connectivity index (χ1v) is 10.8. The first kappa shape index (κ1) is 21.2. The lowest BCUT2D eigenvalue weighted by atomic mass is 9.74. The van der Waals surface area contributed by atoms with Gasteiger partial charge in [0.1, 0.15) is 11.6 Å². The van der Waals surface area contributed by atoms with Gasteiger partial charge < -0.3 is 19.4 Å². The van der Waals surface area contributed by atoms with Gasteiger partial charge in [-0.2, -0.15) is 0 Å². The van der Waals surface area contributed by atoms with Crippen LogP contribution in [0.5, 0.6) is 5.75 Å². The van der Waals surface area contributed by atoms with Crippen LogP contribution in [-0.2, 0) is 4.79 Å². The van der Waals surface area contributed by atoms with Gasteiger partial charge in [-0.1, -0.05) is 12.1 Å². The summed E-state index contributed by atoms with van der Waals surface area (Å²) in [5.41, 5.74) is 0.107. The second-order valence-corrected chi connectivity index (χ2v) is 8.71. The molecular weight excluding hydrogens is 392 g/mol. The van der Waals surface area contributed by atoms with Gasteiger partial charge in [0.05, 0.1) is 12.5 Å². The number of methoxy groups -OCH3 is 1. The Morgan fingerprint density at radius 2 is 2.00 bits per heavy atom. The highest BCUT2D eigenvalue weighted by molar-refractivity contribution is 5.95. The van der Waals surface area contributed by atoms with Crippen molar-refractivity contribution >= 4 is 17.6 Å². The molecule has 2 saturated heterocycles. The average molecular weight is 423 g/mol. The number of anilines is 1. The highest BCUT2D eigenvalue weighted by atomic mass is 16.5. The number of amides is 2. The fraction of sp³-hybridized carbons (Fsp3) is 0.458. The SMILES string of the molecule is COc1cccc(C(=O)N2CCC[C@]3(C(=O)N(C)C)CN(c4ccccn4)C[C@@H]3C2)c1. The van der Waals surface area contributed by atoms with Crippen LogP contribution in [0.4, 0.5) is 5.82 Å². The van der Waals surface area contributed by atoms with Crippen LogP contribution in [0.1, 0.15) is 23.2 Å². The zero-order valence-electron chi connectivity index (χ0n) is 18.5. The number of benzene rings is 1. The number of hydrogen-bond acceptors (Lipinski definition) is 5. The Kier molecular flexibility index (Phi) is 5.85. The van der Waals surface area contributed by atoms with Crippen molar-refractivity contribution in [2.24, 2.45) is 11.3 Å². The standard InChI is InChI=1S/C24H30N4O3/c1-26(2)23(30)24-11-7-13-27(22(29)18-8-6-9-20(14-18)31-3)15-19(24)16-28(17-24)21-10-4-5-12-25-21/h4-6,8-10,12,14,19H,7,11,13,15-17H2,1-3H3/t19-,24-/m0/s1. The molecule has 2 aromatic rings. The molecule has 0 saturated carbocycles. The number of rotatable bonds is 4. The lowest BCUT2D eigenvalue weighted by Gasteiger charge is -2.34. The Bertz CT molecular complexity index is 949. The molecule has 4 rings (SSSR count). The van der Waals surface area contributed by atoms with E-state index in [-0.39, 0.29) is 17.7 Å². The fourth-order valence-corrected chi connectivity index (χ4v) is 5.07. The third-order valence-corrected chi connectivity index (χ3v) is 6.60. The van der Waals surface area contributed by atoms with E-state index in [1.54, 1.807) is 24.3 Å². The second kappa shape index (κ2) is 8.57. The quantitative estimate of drug-likeness (QED) is 0.758. The molecule has 7 heteroatoms. The van der Waals surface area contributed by atoms with Gasteiger partial charge in [0.2, 0.25) is 5.91 Å². The summed E-state index contributed by atoms with van der Waals surface area (Å²) in [6.07, 6.45) is 3.34. The van der Waals surface area contributed by atoms with Crippen LogP contribution in [0.15, 0.2) is 48.7 Å². The third kappa shape index (κ3) is 3.96. The number of pyridine rings is 1. The predicted octanol–water partition coefficient (Wildman–Crippen LogP) is 2.54. The van der Waals surface area contributed by atoms with E-state index < -0.39 is 5.41 Å². The molecule has 0 N–H and O–H groups in total. The van der Waals surface area contributed by atoms with Crippen LogP contribution >= 0.6 is 0 Å². The maximum absolute atomic E-state index is 13.4. The van der Waals surface area contributed by atoms with Crippen molar-refractivity contribution in [3.63, 3.8) is 0 Å². The zero-order valence-corrected chi connectivity index (χ0v) is 18.5. The summed E-state index contributed by atoms with van der Waals surface area (Å²) in [5.74, 6) is 1.73. The molecule has 1 aromatic heterocycles. The van der Waals surface area contributed by atoms with Gasteiger partial charge in [-0.25, -0.2) is 4.98 Å². The summed E-state index contributed by atoms with van der Waals surface area (Å²) in [5, 5.41) is 0. The minimum Gasteiger partial charge on any atom is -0.497 e. The molecule has 2 fully saturated rings. The van der Waals surface area contributed by atoms with Crippen LogP contribution in [0.2, 0.25) is 0 Å². The third-order valence-electron chi connectivity index (χ3n) is 6.60. The van der Waals surface area contributed by atoms with Gasteiger partial charge in [0.25, 0.3) is 5.91 Å². The number of hydrogen-bond donors (Lipinski definition) is 0. The van der Waals surface area contributed by atoms with Crippen molar-refractivity contribution < 1.29 is 14.3 Å². The van der Waals surface area contributed by atoms with Gasteiger partial charge in [-0.15, -0.1) is 0 Å². The Morgan fingerprint density at radius 1 is 1.16 bits per heavy atom. The molecule has 2 atom stereocenters.